The summed E-state index contributed by atoms with van der Waals surface area (Å²) < 4.78 is 37.5. The average Bonchev–Trinajstić information content (AvgIpc) is 3.09. The number of likely N-dealkylation sites (N-methyl/N-ethyl adjacent to an activating group) is 1. The zero-order valence-corrected chi connectivity index (χ0v) is 19.7. The van der Waals surface area contributed by atoms with Gasteiger partial charge in [-0.1, -0.05) is 78.9 Å². The van der Waals surface area contributed by atoms with Crippen LogP contribution in [0.2, 0.25) is 0 Å². The standard InChI is InChI=1S/C24H24N2O.CH4O4S/c1-25-22(20-14-8-4-9-15-20)24(27-18-19-12-6-3-7-13-19)23(26(25)2)21-16-10-5-11-17-21;1-5-6(2,3)4/h3-17,22H,18H2,1-2H3;1H3,(H,2,3,4). The summed E-state index contributed by atoms with van der Waals surface area (Å²) in [5.74, 6) is 1.02. The van der Waals surface area contributed by atoms with Crippen molar-refractivity contribution in [3.63, 3.8) is 0 Å². The summed E-state index contributed by atoms with van der Waals surface area (Å²) in [5.41, 5.74) is 4.82. The van der Waals surface area contributed by atoms with Crippen molar-refractivity contribution in [2.24, 2.45) is 0 Å². The first-order valence-corrected chi connectivity index (χ1v) is 11.7. The van der Waals surface area contributed by atoms with Gasteiger partial charge in [-0.25, -0.2) is 13.4 Å². The van der Waals surface area contributed by atoms with E-state index in [1.165, 1.54) is 27.4 Å². The third-order valence-electron chi connectivity index (χ3n) is 5.39. The van der Waals surface area contributed by atoms with Gasteiger partial charge in [0.25, 0.3) is 0 Å². The van der Waals surface area contributed by atoms with E-state index in [0.717, 1.165) is 12.9 Å². The molecule has 0 radical (unpaired) electrons. The largest absolute Gasteiger partial charge is 0.726 e. The van der Waals surface area contributed by atoms with E-state index in [0.29, 0.717) is 6.61 Å². The molecular formula is C25H28N2O5S. The molecule has 4 rings (SSSR count). The van der Waals surface area contributed by atoms with Crippen LogP contribution in [-0.2, 0) is 25.9 Å². The Kier molecular flexibility index (Phi) is 8.37. The van der Waals surface area contributed by atoms with Gasteiger partial charge in [-0.3, -0.25) is 4.18 Å². The number of hydrogen-bond acceptors (Lipinski definition) is 6. The maximum atomic E-state index is 9.22. The van der Waals surface area contributed by atoms with Crippen LogP contribution in [0, 0.1) is 0 Å². The Labute approximate surface area is 195 Å². The third kappa shape index (κ3) is 6.50. The molecule has 3 aromatic carbocycles. The summed E-state index contributed by atoms with van der Waals surface area (Å²) in [7, 11) is 0.721. The first kappa shape index (κ1) is 24.6. The molecule has 0 bridgehead atoms. The van der Waals surface area contributed by atoms with Gasteiger partial charge >= 0.3 is 0 Å². The van der Waals surface area contributed by atoms with Crippen molar-refractivity contribution in [3.8, 4) is 0 Å². The molecule has 33 heavy (non-hydrogen) atoms. The van der Waals surface area contributed by atoms with Gasteiger partial charge in [0.15, 0.2) is 11.5 Å². The zero-order chi connectivity index (χ0) is 23.8. The molecule has 0 aliphatic carbocycles. The van der Waals surface area contributed by atoms with Crippen molar-refractivity contribution in [2.45, 2.75) is 12.6 Å². The van der Waals surface area contributed by atoms with Gasteiger partial charge in [-0.2, -0.15) is 0 Å². The minimum absolute atomic E-state index is 0.0881. The first-order chi connectivity index (χ1) is 15.8. The maximum Gasteiger partial charge on any atom is 0.217 e. The molecule has 0 amide bonds. The van der Waals surface area contributed by atoms with Gasteiger partial charge in [0.2, 0.25) is 10.4 Å². The summed E-state index contributed by atoms with van der Waals surface area (Å²) in [6.07, 6.45) is 0. The summed E-state index contributed by atoms with van der Waals surface area (Å²) >= 11 is 0. The number of ether oxygens (including phenoxy) is 1. The average molecular weight is 469 g/mol. The van der Waals surface area contributed by atoms with E-state index in [9.17, 15) is 13.0 Å². The lowest BCUT2D eigenvalue weighted by Gasteiger charge is -2.23. The van der Waals surface area contributed by atoms with E-state index < -0.39 is 10.4 Å². The van der Waals surface area contributed by atoms with E-state index in [1.807, 2.05) is 6.07 Å². The second-order valence-corrected chi connectivity index (χ2v) is 8.61. The van der Waals surface area contributed by atoms with Crippen LogP contribution in [0.15, 0.2) is 96.8 Å². The fourth-order valence-corrected chi connectivity index (χ4v) is 3.71. The van der Waals surface area contributed by atoms with Crippen molar-refractivity contribution >= 4 is 16.1 Å². The van der Waals surface area contributed by atoms with Gasteiger partial charge in [-0.15, -0.1) is 5.01 Å². The molecule has 1 N–H and O–H groups in total. The second kappa shape index (κ2) is 11.2. The van der Waals surface area contributed by atoms with Crippen molar-refractivity contribution in [2.75, 3.05) is 21.2 Å². The molecule has 8 heteroatoms. The van der Waals surface area contributed by atoms with Crippen LogP contribution in [0.1, 0.15) is 22.7 Å². The smallest absolute Gasteiger partial charge is 0.217 e. The van der Waals surface area contributed by atoms with Crippen molar-refractivity contribution in [3.05, 3.63) is 113 Å². The van der Waals surface area contributed by atoms with Gasteiger partial charge in [-0.05, 0) is 23.3 Å². The van der Waals surface area contributed by atoms with Crippen LogP contribution in [0.4, 0.5) is 0 Å². The molecule has 0 spiro atoms. The monoisotopic (exact) mass is 468 g/mol. The Morgan fingerprint density at radius 2 is 1.39 bits per heavy atom. The number of hydrogen-bond donors (Lipinski definition) is 1. The fourth-order valence-electron chi connectivity index (χ4n) is 3.71. The second-order valence-electron chi connectivity index (χ2n) is 7.46. The van der Waals surface area contributed by atoms with E-state index in [1.54, 1.807) is 0 Å². The number of quaternary nitrogens is 1. The SMILES string of the molecule is CN1C(c2ccccc2)C(OCc2ccccc2)=C(c2ccccc2)[NH+]1C.COS(=O)(=O)[O-]. The lowest BCUT2D eigenvalue weighted by atomic mass is 10.0. The summed E-state index contributed by atoms with van der Waals surface area (Å²) in [5, 5.41) is 3.55. The molecule has 3 aromatic rings. The van der Waals surface area contributed by atoms with Crippen LogP contribution in [0.25, 0.3) is 5.70 Å². The van der Waals surface area contributed by atoms with Gasteiger partial charge in [0.1, 0.15) is 12.6 Å². The summed E-state index contributed by atoms with van der Waals surface area (Å²) in [4.78, 5) is 0. The van der Waals surface area contributed by atoms with Gasteiger partial charge in [0, 0.05) is 12.6 Å². The Morgan fingerprint density at radius 3 is 1.91 bits per heavy atom. The van der Waals surface area contributed by atoms with Crippen LogP contribution < -0.4 is 5.01 Å². The number of rotatable bonds is 6. The third-order valence-corrected chi connectivity index (χ3v) is 5.80. The normalized spacial score (nSPS) is 18.5. The van der Waals surface area contributed by atoms with Crippen LogP contribution in [-0.4, -0.2) is 39.2 Å². The van der Waals surface area contributed by atoms with Crippen LogP contribution in [0.3, 0.4) is 0 Å². The van der Waals surface area contributed by atoms with Crippen molar-refractivity contribution in [1.82, 2.24) is 5.01 Å². The molecule has 1 aliphatic rings. The number of nitrogens with zero attached hydrogens (tertiary/aromatic N) is 1. The fraction of sp³-hybridized carbons (Fsp3) is 0.200. The molecule has 0 saturated heterocycles. The minimum atomic E-state index is -4.41. The van der Waals surface area contributed by atoms with Crippen LogP contribution in [0.5, 0.6) is 0 Å². The molecular weight excluding hydrogens is 440 g/mol. The topological polar surface area (TPSA) is 83.3 Å². The molecule has 0 saturated carbocycles. The van der Waals surface area contributed by atoms with E-state index in [-0.39, 0.29) is 6.04 Å². The zero-order valence-electron chi connectivity index (χ0n) is 18.8. The number of benzene rings is 3. The quantitative estimate of drug-likeness (QED) is 0.443. The Hall–Kier alpha value is -3.01. The molecule has 1 aliphatic heterocycles. The molecule has 0 fully saturated rings. The lowest BCUT2D eigenvalue weighted by molar-refractivity contribution is -0.928. The molecule has 0 aromatic heterocycles. The van der Waals surface area contributed by atoms with E-state index >= 15 is 0 Å². The van der Waals surface area contributed by atoms with Gasteiger partial charge in [0.05, 0.1) is 14.2 Å². The van der Waals surface area contributed by atoms with Crippen LogP contribution >= 0.6 is 0 Å². The van der Waals surface area contributed by atoms with Crippen molar-refractivity contribution < 1.29 is 26.9 Å². The lowest BCUT2D eigenvalue weighted by Crippen LogP contribution is -3.11. The molecule has 174 valence electrons. The molecule has 2 atom stereocenters. The predicted molar refractivity (Wildman–Crippen MR) is 125 cm³/mol. The molecule has 7 nitrogen and oxygen atoms in total. The Morgan fingerprint density at radius 1 is 0.909 bits per heavy atom. The highest BCUT2D eigenvalue weighted by molar-refractivity contribution is 7.80. The van der Waals surface area contributed by atoms with E-state index in [2.05, 4.69) is 108 Å². The molecule has 1 heterocycles. The predicted octanol–water partition coefficient (Wildman–Crippen LogP) is 2.78. The maximum absolute atomic E-state index is 9.22. The highest BCUT2D eigenvalue weighted by Crippen LogP contribution is 2.35. The summed E-state index contributed by atoms with van der Waals surface area (Å²) in [6.45, 7) is 0.566. The minimum Gasteiger partial charge on any atom is -0.726 e. The molecule has 2 unspecified atom stereocenters. The highest BCUT2D eigenvalue weighted by atomic mass is 32.3. The summed E-state index contributed by atoms with van der Waals surface area (Å²) in [6, 6.07) is 31.6. The first-order valence-electron chi connectivity index (χ1n) is 10.4. The van der Waals surface area contributed by atoms with E-state index in [4.69, 9.17) is 4.74 Å². The Balaban J connectivity index is 0.000000454. The Bertz CT molecular complexity index is 1150. The van der Waals surface area contributed by atoms with Gasteiger partial charge < -0.3 is 9.29 Å². The number of nitrogens with one attached hydrogen (secondary N) is 1. The van der Waals surface area contributed by atoms with Crippen molar-refractivity contribution in [1.29, 1.82) is 0 Å². The highest BCUT2D eigenvalue weighted by Gasteiger charge is 2.42.